The zero-order chi connectivity index (χ0) is 11.5. The van der Waals surface area contributed by atoms with Gasteiger partial charge in [0, 0.05) is 17.1 Å². The highest BCUT2D eigenvalue weighted by atomic mass is 79.9. The zero-order valence-electron chi connectivity index (χ0n) is 8.87. The highest BCUT2D eigenvalue weighted by Crippen LogP contribution is 2.21. The van der Waals surface area contributed by atoms with Crippen LogP contribution in [-0.4, -0.2) is 22.9 Å². The first-order valence-corrected chi connectivity index (χ1v) is 5.91. The maximum absolute atomic E-state index is 11.3. The fourth-order valence-corrected chi connectivity index (χ4v) is 2.24. The molecule has 1 unspecified atom stereocenters. The van der Waals surface area contributed by atoms with E-state index in [1.54, 1.807) is 0 Å². The summed E-state index contributed by atoms with van der Waals surface area (Å²) in [5.41, 5.74) is 2.20. The molecule has 0 spiro atoms. The quantitative estimate of drug-likeness (QED) is 0.694. The number of ether oxygens (including phenoxy) is 1. The summed E-state index contributed by atoms with van der Waals surface area (Å²) in [4.78, 5) is 14.2. The van der Waals surface area contributed by atoms with Gasteiger partial charge < -0.3 is 9.72 Å². The van der Waals surface area contributed by atoms with Crippen LogP contribution in [0.5, 0.6) is 0 Å². The molecule has 1 aromatic heterocycles. The fraction of sp³-hybridized carbons (Fsp3) is 0.250. The second kappa shape index (κ2) is 4.70. The summed E-state index contributed by atoms with van der Waals surface area (Å²) in [5, 5.41) is 1.15. The third kappa shape index (κ3) is 2.11. The van der Waals surface area contributed by atoms with Gasteiger partial charge in [0.15, 0.2) is 0 Å². The maximum Gasteiger partial charge on any atom is 0.319 e. The van der Waals surface area contributed by atoms with Crippen LogP contribution in [0, 0.1) is 0 Å². The Bertz CT molecular complexity index is 506. The lowest BCUT2D eigenvalue weighted by Crippen LogP contribution is -2.17. The molecule has 1 aromatic carbocycles. The number of H-pyrrole nitrogens is 1. The molecule has 0 saturated carbocycles. The van der Waals surface area contributed by atoms with Gasteiger partial charge in [-0.3, -0.25) is 4.79 Å². The van der Waals surface area contributed by atoms with E-state index in [0.29, 0.717) is 6.42 Å². The minimum Gasteiger partial charge on any atom is -0.468 e. The summed E-state index contributed by atoms with van der Waals surface area (Å²) in [5.74, 6) is -0.245. The number of aromatic amines is 1. The molecule has 2 aromatic rings. The number of carbonyl (C=O) groups excluding carboxylic acids is 1. The van der Waals surface area contributed by atoms with E-state index in [1.165, 1.54) is 7.11 Å². The minimum absolute atomic E-state index is 0.245. The first-order chi connectivity index (χ1) is 7.72. The third-order valence-electron chi connectivity index (χ3n) is 2.53. The summed E-state index contributed by atoms with van der Waals surface area (Å²) in [7, 11) is 1.39. The Morgan fingerprint density at radius 2 is 2.25 bits per heavy atom. The van der Waals surface area contributed by atoms with Gasteiger partial charge in [0.25, 0.3) is 0 Å². The maximum atomic E-state index is 11.3. The van der Waals surface area contributed by atoms with E-state index in [9.17, 15) is 4.79 Å². The number of para-hydroxylation sites is 1. The highest BCUT2D eigenvalue weighted by Gasteiger charge is 2.17. The van der Waals surface area contributed by atoms with Crippen LogP contribution >= 0.6 is 15.9 Å². The average Bonchev–Trinajstić information content (AvgIpc) is 2.72. The molecule has 16 heavy (non-hydrogen) atoms. The number of rotatable bonds is 3. The first-order valence-electron chi connectivity index (χ1n) is 4.99. The molecule has 0 amide bonds. The normalized spacial score (nSPS) is 12.6. The lowest BCUT2D eigenvalue weighted by Gasteiger charge is -2.06. The molecule has 0 aliphatic rings. The lowest BCUT2D eigenvalue weighted by atomic mass is 10.1. The monoisotopic (exact) mass is 281 g/mol. The number of aromatic nitrogens is 1. The van der Waals surface area contributed by atoms with Crippen molar-refractivity contribution in [3.63, 3.8) is 0 Å². The summed E-state index contributed by atoms with van der Waals surface area (Å²) < 4.78 is 4.68. The van der Waals surface area contributed by atoms with Gasteiger partial charge in [0.05, 0.1) is 7.11 Å². The van der Waals surface area contributed by atoms with Gasteiger partial charge in [0.2, 0.25) is 0 Å². The van der Waals surface area contributed by atoms with Gasteiger partial charge in [-0.1, -0.05) is 34.1 Å². The third-order valence-corrected chi connectivity index (χ3v) is 3.23. The molecule has 1 heterocycles. The van der Waals surface area contributed by atoms with Gasteiger partial charge in [0.1, 0.15) is 4.83 Å². The van der Waals surface area contributed by atoms with Crippen molar-refractivity contribution in [2.45, 2.75) is 11.2 Å². The Morgan fingerprint density at radius 3 is 3.00 bits per heavy atom. The van der Waals surface area contributed by atoms with Crippen molar-refractivity contribution in [1.29, 1.82) is 0 Å². The number of hydrogen-bond acceptors (Lipinski definition) is 2. The summed E-state index contributed by atoms with van der Waals surface area (Å²) in [6.45, 7) is 0. The van der Waals surface area contributed by atoms with Crippen LogP contribution in [0.4, 0.5) is 0 Å². The van der Waals surface area contributed by atoms with Crippen LogP contribution in [0.2, 0.25) is 0 Å². The molecule has 0 radical (unpaired) electrons. The second-order valence-electron chi connectivity index (χ2n) is 3.55. The van der Waals surface area contributed by atoms with E-state index >= 15 is 0 Å². The number of benzene rings is 1. The number of carbonyl (C=O) groups is 1. The van der Waals surface area contributed by atoms with Crippen molar-refractivity contribution in [3.8, 4) is 0 Å². The SMILES string of the molecule is COC(=O)C(Br)Cc1c[nH]c2ccccc12. The molecular formula is C12H12BrNO2. The number of methoxy groups -OCH3 is 1. The summed E-state index contributed by atoms with van der Waals surface area (Å²) in [6, 6.07) is 8.02. The fourth-order valence-electron chi connectivity index (χ4n) is 1.70. The van der Waals surface area contributed by atoms with Crippen molar-refractivity contribution in [2.75, 3.05) is 7.11 Å². The minimum atomic E-state index is -0.295. The molecule has 4 heteroatoms. The highest BCUT2D eigenvalue weighted by molar-refractivity contribution is 9.10. The van der Waals surface area contributed by atoms with Crippen molar-refractivity contribution < 1.29 is 9.53 Å². The van der Waals surface area contributed by atoms with Gasteiger partial charge in [-0.2, -0.15) is 0 Å². The van der Waals surface area contributed by atoms with Crippen LogP contribution in [0.3, 0.4) is 0 Å². The number of nitrogens with one attached hydrogen (secondary N) is 1. The summed E-state index contributed by atoms with van der Waals surface area (Å²) in [6.07, 6.45) is 2.55. The number of hydrogen-bond donors (Lipinski definition) is 1. The Labute approximate surface area is 102 Å². The summed E-state index contributed by atoms with van der Waals surface area (Å²) >= 11 is 3.32. The zero-order valence-corrected chi connectivity index (χ0v) is 10.5. The Balaban J connectivity index is 2.24. The van der Waals surface area contributed by atoms with E-state index in [1.807, 2.05) is 30.5 Å². The van der Waals surface area contributed by atoms with E-state index in [4.69, 9.17) is 0 Å². The Morgan fingerprint density at radius 1 is 1.50 bits per heavy atom. The number of esters is 1. The van der Waals surface area contributed by atoms with Crippen LogP contribution in [0.15, 0.2) is 30.5 Å². The number of fused-ring (bicyclic) bond motifs is 1. The van der Waals surface area contributed by atoms with Gasteiger partial charge in [-0.25, -0.2) is 0 Å². The molecule has 84 valence electrons. The van der Waals surface area contributed by atoms with Crippen LogP contribution in [0.25, 0.3) is 10.9 Å². The molecule has 2 rings (SSSR count). The van der Waals surface area contributed by atoms with E-state index in [0.717, 1.165) is 16.5 Å². The second-order valence-corrected chi connectivity index (χ2v) is 4.66. The largest absolute Gasteiger partial charge is 0.468 e. The topological polar surface area (TPSA) is 42.1 Å². The van der Waals surface area contributed by atoms with Gasteiger partial charge >= 0.3 is 5.97 Å². The van der Waals surface area contributed by atoms with Crippen LogP contribution < -0.4 is 0 Å². The molecule has 0 aliphatic carbocycles. The van der Waals surface area contributed by atoms with Crippen molar-refractivity contribution in [2.24, 2.45) is 0 Å². The molecule has 3 nitrogen and oxygen atoms in total. The first kappa shape index (κ1) is 11.2. The molecular weight excluding hydrogens is 270 g/mol. The molecule has 0 fully saturated rings. The Hall–Kier alpha value is -1.29. The number of alkyl halides is 1. The van der Waals surface area contributed by atoms with Crippen LogP contribution in [-0.2, 0) is 16.0 Å². The van der Waals surface area contributed by atoms with Crippen molar-refractivity contribution in [1.82, 2.24) is 4.98 Å². The molecule has 1 atom stereocenters. The standard InChI is InChI=1S/C12H12BrNO2/c1-16-12(15)10(13)6-8-7-14-11-5-3-2-4-9(8)11/h2-5,7,10,14H,6H2,1H3. The lowest BCUT2D eigenvalue weighted by molar-refractivity contribution is -0.139. The number of halogens is 1. The molecule has 0 bridgehead atoms. The Kier molecular flexibility index (Phi) is 3.29. The molecule has 0 aliphatic heterocycles. The van der Waals surface area contributed by atoms with Crippen molar-refractivity contribution in [3.05, 3.63) is 36.0 Å². The van der Waals surface area contributed by atoms with Gasteiger partial charge in [-0.15, -0.1) is 0 Å². The molecule has 1 N–H and O–H groups in total. The molecule has 0 saturated heterocycles. The van der Waals surface area contributed by atoms with Gasteiger partial charge in [-0.05, 0) is 18.1 Å². The van der Waals surface area contributed by atoms with E-state index in [2.05, 4.69) is 25.7 Å². The van der Waals surface area contributed by atoms with E-state index < -0.39 is 0 Å². The average molecular weight is 282 g/mol. The van der Waals surface area contributed by atoms with Crippen LogP contribution in [0.1, 0.15) is 5.56 Å². The predicted molar refractivity (Wildman–Crippen MR) is 66.7 cm³/mol. The van der Waals surface area contributed by atoms with E-state index in [-0.39, 0.29) is 10.8 Å². The predicted octanol–water partition coefficient (Wildman–Crippen LogP) is 2.65. The van der Waals surface area contributed by atoms with Crippen molar-refractivity contribution >= 4 is 32.8 Å². The smallest absolute Gasteiger partial charge is 0.319 e.